The van der Waals surface area contributed by atoms with Crippen molar-refractivity contribution in [3.8, 4) is 0 Å². The zero-order valence-corrected chi connectivity index (χ0v) is 10.0. The normalized spacial score (nSPS) is 18.2. The number of nitrogens with two attached hydrogens (primary N) is 1. The van der Waals surface area contributed by atoms with E-state index in [-0.39, 0.29) is 5.60 Å². The summed E-state index contributed by atoms with van der Waals surface area (Å²) in [5, 5.41) is 0. The first kappa shape index (κ1) is 10.6. The summed E-state index contributed by atoms with van der Waals surface area (Å²) in [5.74, 6) is 0.578. The highest BCUT2D eigenvalue weighted by Gasteiger charge is 2.38. The minimum Gasteiger partial charge on any atom is -0.376 e. The van der Waals surface area contributed by atoms with Crippen molar-refractivity contribution in [1.29, 1.82) is 0 Å². The molecule has 0 unspecified atom stereocenters. The Hall–Kier alpha value is -1.55. The van der Waals surface area contributed by atoms with Gasteiger partial charge in [-0.3, -0.25) is 0 Å². The van der Waals surface area contributed by atoms with Gasteiger partial charge in [-0.05, 0) is 31.4 Å². The lowest BCUT2D eigenvalue weighted by Crippen LogP contribution is -2.43. The van der Waals surface area contributed by atoms with Crippen LogP contribution < -0.4 is 5.73 Å². The van der Waals surface area contributed by atoms with E-state index in [0.29, 0.717) is 5.95 Å². The second-order valence-corrected chi connectivity index (χ2v) is 4.79. The third kappa shape index (κ3) is 1.60. The number of ether oxygens (including phenoxy) is 1. The molecule has 0 atom stereocenters. The molecular formula is C13H17N3O. The van der Waals surface area contributed by atoms with Gasteiger partial charge in [-0.2, -0.15) is 0 Å². The molecule has 0 bridgehead atoms. The fourth-order valence-electron chi connectivity index (χ4n) is 2.55. The van der Waals surface area contributed by atoms with Crippen molar-refractivity contribution in [3.63, 3.8) is 0 Å². The molecule has 4 nitrogen and oxygen atoms in total. The molecule has 0 radical (unpaired) electrons. The molecule has 1 aliphatic rings. The molecule has 1 fully saturated rings. The smallest absolute Gasteiger partial charge is 0.201 e. The summed E-state index contributed by atoms with van der Waals surface area (Å²) in [7, 11) is 1.79. The largest absolute Gasteiger partial charge is 0.376 e. The van der Waals surface area contributed by atoms with E-state index in [1.165, 1.54) is 6.42 Å². The van der Waals surface area contributed by atoms with Gasteiger partial charge in [0, 0.05) is 7.11 Å². The van der Waals surface area contributed by atoms with Crippen LogP contribution in [0.15, 0.2) is 24.3 Å². The van der Waals surface area contributed by atoms with Gasteiger partial charge in [0.2, 0.25) is 5.95 Å². The average molecular weight is 231 g/mol. The number of hydrogen-bond donors (Lipinski definition) is 1. The second kappa shape index (κ2) is 3.74. The Morgan fingerprint density at radius 2 is 2.18 bits per heavy atom. The van der Waals surface area contributed by atoms with Crippen LogP contribution in [-0.2, 0) is 11.3 Å². The standard InChI is InChI=1S/C13H17N3O/c1-17-13(7-4-8-13)9-16-11-6-3-2-5-10(11)15-12(16)14/h2-3,5-6H,4,7-9H2,1H3,(H2,14,15). The third-order valence-electron chi connectivity index (χ3n) is 3.83. The maximum Gasteiger partial charge on any atom is 0.201 e. The molecule has 90 valence electrons. The van der Waals surface area contributed by atoms with Crippen LogP contribution in [-0.4, -0.2) is 22.3 Å². The lowest BCUT2D eigenvalue weighted by atomic mass is 9.80. The Labute approximate surface area is 100 Å². The number of aromatic nitrogens is 2. The van der Waals surface area contributed by atoms with E-state index in [2.05, 4.69) is 15.6 Å². The van der Waals surface area contributed by atoms with E-state index in [9.17, 15) is 0 Å². The van der Waals surface area contributed by atoms with E-state index in [1.54, 1.807) is 7.11 Å². The number of para-hydroxylation sites is 2. The van der Waals surface area contributed by atoms with Crippen LogP contribution >= 0.6 is 0 Å². The molecular weight excluding hydrogens is 214 g/mol. The summed E-state index contributed by atoms with van der Waals surface area (Å²) in [6.45, 7) is 0.801. The molecule has 3 rings (SSSR count). The number of imidazole rings is 1. The number of benzene rings is 1. The van der Waals surface area contributed by atoms with E-state index in [4.69, 9.17) is 10.5 Å². The molecule has 1 aromatic carbocycles. The molecule has 1 saturated carbocycles. The summed E-state index contributed by atoms with van der Waals surface area (Å²) in [6, 6.07) is 8.04. The first-order valence-electron chi connectivity index (χ1n) is 6.00. The van der Waals surface area contributed by atoms with Crippen molar-refractivity contribution in [1.82, 2.24) is 9.55 Å². The van der Waals surface area contributed by atoms with E-state index in [0.717, 1.165) is 30.4 Å². The molecule has 0 saturated heterocycles. The monoisotopic (exact) mass is 231 g/mol. The first-order chi connectivity index (χ1) is 8.24. The molecule has 4 heteroatoms. The zero-order valence-electron chi connectivity index (χ0n) is 10.0. The summed E-state index contributed by atoms with van der Waals surface area (Å²) in [5.41, 5.74) is 8.01. The summed E-state index contributed by atoms with van der Waals surface area (Å²) in [4.78, 5) is 4.38. The minimum atomic E-state index is -0.0302. The van der Waals surface area contributed by atoms with Crippen molar-refractivity contribution >= 4 is 17.0 Å². The first-order valence-corrected chi connectivity index (χ1v) is 6.00. The van der Waals surface area contributed by atoms with Crippen molar-refractivity contribution in [2.45, 2.75) is 31.4 Å². The van der Waals surface area contributed by atoms with Gasteiger partial charge in [0.25, 0.3) is 0 Å². The number of fused-ring (bicyclic) bond motifs is 1. The van der Waals surface area contributed by atoms with Crippen LogP contribution in [0.4, 0.5) is 5.95 Å². The number of hydrogen-bond acceptors (Lipinski definition) is 3. The summed E-state index contributed by atoms with van der Waals surface area (Å²) < 4.78 is 7.71. The zero-order chi connectivity index (χ0) is 11.9. The quantitative estimate of drug-likeness (QED) is 0.881. The lowest BCUT2D eigenvalue weighted by molar-refractivity contribution is -0.0824. The molecule has 1 aromatic heterocycles. The lowest BCUT2D eigenvalue weighted by Gasteiger charge is -2.40. The Balaban J connectivity index is 2.02. The average Bonchev–Trinajstić information content (AvgIpc) is 2.60. The highest BCUT2D eigenvalue weighted by atomic mass is 16.5. The topological polar surface area (TPSA) is 53.1 Å². The van der Waals surface area contributed by atoms with Gasteiger partial charge in [0.15, 0.2) is 0 Å². The van der Waals surface area contributed by atoms with Gasteiger partial charge in [-0.1, -0.05) is 12.1 Å². The fourth-order valence-corrected chi connectivity index (χ4v) is 2.55. The van der Waals surface area contributed by atoms with Crippen LogP contribution in [0.5, 0.6) is 0 Å². The van der Waals surface area contributed by atoms with E-state index in [1.807, 2.05) is 18.2 Å². The number of nitrogens with zero attached hydrogens (tertiary/aromatic N) is 2. The van der Waals surface area contributed by atoms with E-state index >= 15 is 0 Å². The van der Waals surface area contributed by atoms with Gasteiger partial charge >= 0.3 is 0 Å². The Bertz CT molecular complexity index is 537. The molecule has 0 aliphatic heterocycles. The van der Waals surface area contributed by atoms with Crippen molar-refractivity contribution in [3.05, 3.63) is 24.3 Å². The maximum absolute atomic E-state index is 5.99. The number of nitrogen functional groups attached to an aromatic ring is 1. The SMILES string of the molecule is COC1(Cn2c(N)nc3ccccc32)CCC1. The molecule has 0 spiro atoms. The molecule has 17 heavy (non-hydrogen) atoms. The molecule has 2 aromatic rings. The van der Waals surface area contributed by atoms with Gasteiger partial charge in [0.05, 0.1) is 23.2 Å². The van der Waals surface area contributed by atoms with Crippen LogP contribution in [0, 0.1) is 0 Å². The maximum atomic E-state index is 5.99. The summed E-state index contributed by atoms with van der Waals surface area (Å²) in [6.07, 6.45) is 3.45. The molecule has 1 aliphatic carbocycles. The summed E-state index contributed by atoms with van der Waals surface area (Å²) >= 11 is 0. The highest BCUT2D eigenvalue weighted by Crippen LogP contribution is 2.37. The predicted octanol–water partition coefficient (Wildman–Crippen LogP) is 2.19. The van der Waals surface area contributed by atoms with Crippen LogP contribution in [0.1, 0.15) is 19.3 Å². The minimum absolute atomic E-state index is 0.0302. The molecule has 2 N–H and O–H groups in total. The molecule has 0 amide bonds. The fraction of sp³-hybridized carbons (Fsp3) is 0.462. The van der Waals surface area contributed by atoms with E-state index < -0.39 is 0 Å². The molecule has 1 heterocycles. The highest BCUT2D eigenvalue weighted by molar-refractivity contribution is 5.78. The third-order valence-corrected chi connectivity index (χ3v) is 3.83. The van der Waals surface area contributed by atoms with Crippen molar-refractivity contribution in [2.24, 2.45) is 0 Å². The number of rotatable bonds is 3. The Kier molecular flexibility index (Phi) is 2.33. The van der Waals surface area contributed by atoms with Crippen molar-refractivity contribution in [2.75, 3.05) is 12.8 Å². The van der Waals surface area contributed by atoms with Crippen LogP contribution in [0.3, 0.4) is 0 Å². The van der Waals surface area contributed by atoms with Gasteiger partial charge < -0.3 is 15.0 Å². The Morgan fingerprint density at radius 1 is 1.41 bits per heavy atom. The number of methoxy groups -OCH3 is 1. The predicted molar refractivity (Wildman–Crippen MR) is 67.7 cm³/mol. The van der Waals surface area contributed by atoms with Crippen LogP contribution in [0.2, 0.25) is 0 Å². The van der Waals surface area contributed by atoms with Gasteiger partial charge in [-0.15, -0.1) is 0 Å². The van der Waals surface area contributed by atoms with Crippen LogP contribution in [0.25, 0.3) is 11.0 Å². The number of anilines is 1. The Morgan fingerprint density at radius 3 is 2.82 bits per heavy atom. The van der Waals surface area contributed by atoms with Crippen molar-refractivity contribution < 1.29 is 4.74 Å². The van der Waals surface area contributed by atoms with Gasteiger partial charge in [-0.25, -0.2) is 4.98 Å². The second-order valence-electron chi connectivity index (χ2n) is 4.79. The van der Waals surface area contributed by atoms with Gasteiger partial charge in [0.1, 0.15) is 0 Å².